The van der Waals surface area contributed by atoms with Crippen LogP contribution >= 0.6 is 22.9 Å². The standard InChI is InChI=1S/C11H12ClN3S/c1-2-9-7-15-11(16-9)14-6-8-3-4-10(12)13-5-8/h3-5,7H,2,6H2,1H3,(H,14,15). The Morgan fingerprint density at radius 3 is 2.81 bits per heavy atom. The van der Waals surface area contributed by atoms with Crippen LogP contribution in [0.25, 0.3) is 0 Å². The van der Waals surface area contributed by atoms with Crippen LogP contribution in [0.1, 0.15) is 17.4 Å². The van der Waals surface area contributed by atoms with Crippen molar-refractivity contribution >= 4 is 28.1 Å². The number of anilines is 1. The van der Waals surface area contributed by atoms with Crippen molar-refractivity contribution in [3.63, 3.8) is 0 Å². The minimum absolute atomic E-state index is 0.520. The van der Waals surface area contributed by atoms with Crippen LogP contribution in [0.5, 0.6) is 0 Å². The fraction of sp³-hybridized carbons (Fsp3) is 0.273. The number of aryl methyl sites for hydroxylation is 1. The summed E-state index contributed by atoms with van der Waals surface area (Å²) < 4.78 is 0. The minimum atomic E-state index is 0.520. The molecule has 0 aliphatic rings. The molecule has 0 fully saturated rings. The highest BCUT2D eigenvalue weighted by molar-refractivity contribution is 7.15. The summed E-state index contributed by atoms with van der Waals surface area (Å²) in [5.74, 6) is 0. The van der Waals surface area contributed by atoms with Crippen LogP contribution < -0.4 is 5.32 Å². The molecule has 16 heavy (non-hydrogen) atoms. The maximum absolute atomic E-state index is 5.71. The molecule has 0 saturated carbocycles. The third-order valence-corrected chi connectivity index (χ3v) is 3.46. The van der Waals surface area contributed by atoms with Gasteiger partial charge in [0.2, 0.25) is 0 Å². The molecule has 1 N–H and O–H groups in total. The molecule has 0 aliphatic carbocycles. The molecule has 2 aromatic rings. The van der Waals surface area contributed by atoms with Crippen molar-refractivity contribution in [3.8, 4) is 0 Å². The fourth-order valence-corrected chi connectivity index (χ4v) is 2.10. The van der Waals surface area contributed by atoms with E-state index in [2.05, 4.69) is 22.2 Å². The van der Waals surface area contributed by atoms with Gasteiger partial charge >= 0.3 is 0 Å². The molecule has 0 amide bonds. The quantitative estimate of drug-likeness (QED) is 0.849. The summed E-state index contributed by atoms with van der Waals surface area (Å²) >= 11 is 7.40. The van der Waals surface area contributed by atoms with Crippen molar-refractivity contribution in [2.45, 2.75) is 19.9 Å². The molecular weight excluding hydrogens is 242 g/mol. The van der Waals surface area contributed by atoms with E-state index in [1.807, 2.05) is 12.3 Å². The largest absolute Gasteiger partial charge is 0.357 e. The van der Waals surface area contributed by atoms with Crippen LogP contribution in [0.15, 0.2) is 24.5 Å². The molecule has 0 saturated heterocycles. The summed E-state index contributed by atoms with van der Waals surface area (Å²) in [6.07, 6.45) is 4.71. The lowest BCUT2D eigenvalue weighted by Gasteiger charge is -2.01. The van der Waals surface area contributed by atoms with Gasteiger partial charge in [-0.25, -0.2) is 9.97 Å². The zero-order valence-corrected chi connectivity index (χ0v) is 10.5. The molecule has 0 bridgehead atoms. The first-order valence-corrected chi connectivity index (χ1v) is 6.26. The molecule has 0 aliphatic heterocycles. The third-order valence-electron chi connectivity index (χ3n) is 2.13. The van der Waals surface area contributed by atoms with Crippen LogP contribution in [-0.4, -0.2) is 9.97 Å². The van der Waals surface area contributed by atoms with E-state index in [4.69, 9.17) is 11.6 Å². The van der Waals surface area contributed by atoms with E-state index in [1.165, 1.54) is 4.88 Å². The Labute approximate surface area is 104 Å². The maximum Gasteiger partial charge on any atom is 0.183 e. The molecule has 2 heterocycles. The summed E-state index contributed by atoms with van der Waals surface area (Å²) in [6.45, 7) is 2.85. The number of hydrogen-bond acceptors (Lipinski definition) is 4. The molecule has 0 spiro atoms. The Morgan fingerprint density at radius 1 is 1.31 bits per heavy atom. The predicted octanol–water partition coefficient (Wildman–Crippen LogP) is 3.37. The molecule has 0 aromatic carbocycles. The van der Waals surface area contributed by atoms with Crippen molar-refractivity contribution in [1.82, 2.24) is 9.97 Å². The lowest BCUT2D eigenvalue weighted by Crippen LogP contribution is -1.98. The number of thiazole rings is 1. The van der Waals surface area contributed by atoms with Crippen LogP contribution in [0.4, 0.5) is 5.13 Å². The smallest absolute Gasteiger partial charge is 0.183 e. The first-order valence-electron chi connectivity index (χ1n) is 5.07. The zero-order valence-electron chi connectivity index (χ0n) is 8.90. The lowest BCUT2D eigenvalue weighted by atomic mass is 10.3. The number of rotatable bonds is 4. The number of nitrogens with one attached hydrogen (secondary N) is 1. The minimum Gasteiger partial charge on any atom is -0.357 e. The highest BCUT2D eigenvalue weighted by atomic mass is 35.5. The molecule has 84 valence electrons. The topological polar surface area (TPSA) is 37.8 Å². The van der Waals surface area contributed by atoms with Gasteiger partial charge in [-0.2, -0.15) is 0 Å². The predicted molar refractivity (Wildman–Crippen MR) is 68.1 cm³/mol. The van der Waals surface area contributed by atoms with Crippen LogP contribution in [0.2, 0.25) is 5.15 Å². The van der Waals surface area contributed by atoms with Crippen molar-refractivity contribution in [3.05, 3.63) is 40.1 Å². The fourth-order valence-electron chi connectivity index (χ4n) is 1.24. The Kier molecular flexibility index (Phi) is 3.74. The van der Waals surface area contributed by atoms with Crippen molar-refractivity contribution in [1.29, 1.82) is 0 Å². The Hall–Kier alpha value is -1.13. The van der Waals surface area contributed by atoms with E-state index in [0.717, 1.165) is 23.7 Å². The van der Waals surface area contributed by atoms with Gasteiger partial charge in [-0.1, -0.05) is 24.6 Å². The van der Waals surface area contributed by atoms with Crippen molar-refractivity contribution < 1.29 is 0 Å². The zero-order chi connectivity index (χ0) is 11.4. The maximum atomic E-state index is 5.71. The second-order valence-corrected chi connectivity index (χ2v) is 4.83. The summed E-state index contributed by atoms with van der Waals surface area (Å²) in [4.78, 5) is 9.59. The molecule has 2 aromatic heterocycles. The third kappa shape index (κ3) is 2.93. The Bertz CT molecular complexity index is 453. The van der Waals surface area contributed by atoms with E-state index < -0.39 is 0 Å². The van der Waals surface area contributed by atoms with E-state index in [9.17, 15) is 0 Å². The first kappa shape index (κ1) is 11.4. The van der Waals surface area contributed by atoms with Gasteiger partial charge in [0.15, 0.2) is 5.13 Å². The first-order chi connectivity index (χ1) is 7.78. The molecule has 3 nitrogen and oxygen atoms in total. The van der Waals surface area contributed by atoms with E-state index >= 15 is 0 Å². The van der Waals surface area contributed by atoms with Gasteiger partial charge in [-0.15, -0.1) is 11.3 Å². The van der Waals surface area contributed by atoms with Gasteiger partial charge in [-0.05, 0) is 18.1 Å². The van der Waals surface area contributed by atoms with E-state index in [0.29, 0.717) is 5.15 Å². The molecule has 0 radical (unpaired) electrons. The van der Waals surface area contributed by atoms with Crippen LogP contribution in [0.3, 0.4) is 0 Å². The van der Waals surface area contributed by atoms with Gasteiger partial charge in [0, 0.05) is 23.8 Å². The molecule has 5 heteroatoms. The van der Waals surface area contributed by atoms with Crippen LogP contribution in [-0.2, 0) is 13.0 Å². The average molecular weight is 254 g/mol. The Balaban J connectivity index is 1.94. The average Bonchev–Trinajstić information content (AvgIpc) is 2.76. The van der Waals surface area contributed by atoms with Gasteiger partial charge in [0.25, 0.3) is 0 Å². The Morgan fingerprint density at radius 2 is 2.19 bits per heavy atom. The molecule has 0 atom stereocenters. The number of halogens is 1. The summed E-state index contributed by atoms with van der Waals surface area (Å²) in [5, 5.41) is 4.73. The summed E-state index contributed by atoms with van der Waals surface area (Å²) in [6, 6.07) is 3.74. The van der Waals surface area contributed by atoms with Crippen molar-refractivity contribution in [2.75, 3.05) is 5.32 Å². The SMILES string of the molecule is CCc1cnc(NCc2ccc(Cl)nc2)s1. The van der Waals surface area contributed by atoms with E-state index in [-0.39, 0.29) is 0 Å². The highest BCUT2D eigenvalue weighted by Gasteiger charge is 2.00. The molecular formula is C11H12ClN3S. The summed E-state index contributed by atoms with van der Waals surface area (Å²) in [5.41, 5.74) is 1.10. The number of pyridine rings is 1. The second kappa shape index (κ2) is 5.27. The van der Waals surface area contributed by atoms with Crippen molar-refractivity contribution in [2.24, 2.45) is 0 Å². The monoisotopic (exact) mass is 253 g/mol. The normalized spacial score (nSPS) is 10.4. The number of aromatic nitrogens is 2. The second-order valence-electron chi connectivity index (χ2n) is 3.33. The van der Waals surface area contributed by atoms with Gasteiger partial charge in [0.05, 0.1) is 0 Å². The van der Waals surface area contributed by atoms with Gasteiger partial charge < -0.3 is 5.32 Å². The van der Waals surface area contributed by atoms with E-state index in [1.54, 1.807) is 23.6 Å². The highest BCUT2D eigenvalue weighted by Crippen LogP contribution is 2.19. The van der Waals surface area contributed by atoms with Crippen LogP contribution in [0, 0.1) is 0 Å². The van der Waals surface area contributed by atoms with Gasteiger partial charge in [0.1, 0.15) is 5.15 Å². The number of hydrogen-bond donors (Lipinski definition) is 1. The molecule has 2 rings (SSSR count). The summed E-state index contributed by atoms with van der Waals surface area (Å²) in [7, 11) is 0. The molecule has 0 unspecified atom stereocenters. The lowest BCUT2D eigenvalue weighted by molar-refractivity contribution is 1.10. The number of nitrogens with zero attached hydrogens (tertiary/aromatic N) is 2. The van der Waals surface area contributed by atoms with Gasteiger partial charge in [-0.3, -0.25) is 0 Å².